The van der Waals surface area contributed by atoms with Gasteiger partial charge in [0.1, 0.15) is 17.9 Å². The number of nitrogens with zero attached hydrogens (tertiary/aromatic N) is 2. The van der Waals surface area contributed by atoms with Crippen LogP contribution in [0.25, 0.3) is 6.08 Å². The van der Waals surface area contributed by atoms with Gasteiger partial charge in [-0.05, 0) is 49.4 Å². The van der Waals surface area contributed by atoms with Crippen molar-refractivity contribution >= 4 is 35.0 Å². The molecule has 1 aromatic carbocycles. The molecular formula is C17H16N2O5S. The van der Waals surface area contributed by atoms with E-state index in [9.17, 15) is 14.4 Å². The predicted molar refractivity (Wildman–Crippen MR) is 91.5 cm³/mol. The third kappa shape index (κ3) is 4.39. The van der Waals surface area contributed by atoms with Crippen LogP contribution in [-0.2, 0) is 14.3 Å². The maximum atomic E-state index is 12.4. The van der Waals surface area contributed by atoms with E-state index in [1.54, 1.807) is 37.3 Å². The summed E-state index contributed by atoms with van der Waals surface area (Å²) >= 11 is 0.775. The number of thioether (sulfide) groups is 1. The minimum absolute atomic E-state index is 0.0516. The number of benzene rings is 1. The molecule has 0 aliphatic carbocycles. The van der Waals surface area contributed by atoms with Crippen LogP contribution in [0.5, 0.6) is 5.75 Å². The van der Waals surface area contributed by atoms with Crippen molar-refractivity contribution in [2.24, 2.45) is 0 Å². The zero-order valence-electron chi connectivity index (χ0n) is 13.7. The molecule has 0 aromatic heterocycles. The second-order valence-corrected chi connectivity index (χ2v) is 5.99. The lowest BCUT2D eigenvalue weighted by Gasteiger charge is -2.19. The van der Waals surface area contributed by atoms with Gasteiger partial charge in [0.15, 0.2) is 6.61 Å². The molecule has 130 valence electrons. The van der Waals surface area contributed by atoms with Gasteiger partial charge in [0, 0.05) is 0 Å². The molecule has 8 heteroatoms. The number of hydrogen-bond acceptors (Lipinski definition) is 7. The highest BCUT2D eigenvalue weighted by Crippen LogP contribution is 2.34. The Labute approximate surface area is 149 Å². The first-order valence-electron chi connectivity index (χ1n) is 7.51. The van der Waals surface area contributed by atoms with Gasteiger partial charge in [0.25, 0.3) is 11.1 Å². The van der Waals surface area contributed by atoms with E-state index in [-0.39, 0.29) is 18.1 Å². The third-order valence-electron chi connectivity index (χ3n) is 3.32. The van der Waals surface area contributed by atoms with E-state index in [4.69, 9.17) is 14.7 Å². The zero-order chi connectivity index (χ0) is 18.4. The number of hydrogen-bond donors (Lipinski definition) is 0. The van der Waals surface area contributed by atoms with Crippen LogP contribution in [0.2, 0.25) is 0 Å². The molecule has 2 amide bonds. The molecule has 0 unspecified atom stereocenters. The van der Waals surface area contributed by atoms with Crippen LogP contribution in [0.3, 0.4) is 0 Å². The standard InChI is InChI=1S/C17H16N2O5S/c1-3-23-16(21)11(2)19-15(20)14(25-17(19)22)10-12-4-6-13(7-5-12)24-9-8-18/h4-7,10-11H,3,9H2,1-2H3/b14-10+/t11-/m0/s1. The van der Waals surface area contributed by atoms with Crippen LogP contribution in [0.15, 0.2) is 29.2 Å². The molecule has 1 saturated heterocycles. The molecule has 1 aliphatic heterocycles. The Morgan fingerprint density at radius 1 is 1.36 bits per heavy atom. The summed E-state index contributed by atoms with van der Waals surface area (Å²) in [5.41, 5.74) is 0.693. The minimum atomic E-state index is -0.972. The van der Waals surface area contributed by atoms with Gasteiger partial charge in [-0.25, -0.2) is 4.79 Å². The normalized spacial score (nSPS) is 16.7. The highest BCUT2D eigenvalue weighted by molar-refractivity contribution is 8.18. The van der Waals surface area contributed by atoms with E-state index in [0.29, 0.717) is 11.3 Å². The molecule has 0 spiro atoms. The summed E-state index contributed by atoms with van der Waals surface area (Å²) in [5, 5.41) is 7.97. The Morgan fingerprint density at radius 2 is 2.04 bits per heavy atom. The molecule has 0 saturated carbocycles. The van der Waals surface area contributed by atoms with Crippen LogP contribution >= 0.6 is 11.8 Å². The summed E-state index contributed by atoms with van der Waals surface area (Å²) in [5.74, 6) is -0.617. The maximum Gasteiger partial charge on any atom is 0.329 e. The second-order valence-electron chi connectivity index (χ2n) is 5.00. The lowest BCUT2D eigenvalue weighted by atomic mass is 10.2. The van der Waals surface area contributed by atoms with Crippen LogP contribution in [-0.4, -0.2) is 41.3 Å². The first-order chi connectivity index (χ1) is 12.0. The van der Waals surface area contributed by atoms with E-state index in [0.717, 1.165) is 16.7 Å². The first-order valence-corrected chi connectivity index (χ1v) is 8.33. The van der Waals surface area contributed by atoms with Gasteiger partial charge in [-0.1, -0.05) is 12.1 Å². The summed E-state index contributed by atoms with van der Waals surface area (Å²) in [4.78, 5) is 37.4. The molecule has 1 atom stereocenters. The number of amides is 2. The third-order valence-corrected chi connectivity index (χ3v) is 4.20. The predicted octanol–water partition coefficient (Wildman–Crippen LogP) is 2.58. The van der Waals surface area contributed by atoms with Gasteiger partial charge < -0.3 is 9.47 Å². The maximum absolute atomic E-state index is 12.4. The molecule has 1 fully saturated rings. The summed E-state index contributed by atoms with van der Waals surface area (Å²) < 4.78 is 10.0. The Morgan fingerprint density at radius 3 is 2.64 bits per heavy atom. The molecule has 25 heavy (non-hydrogen) atoms. The first kappa shape index (κ1) is 18.5. The Kier molecular flexibility index (Phi) is 6.19. The lowest BCUT2D eigenvalue weighted by Crippen LogP contribution is -2.42. The number of imide groups is 1. The van der Waals surface area contributed by atoms with Gasteiger partial charge in [-0.15, -0.1) is 0 Å². The van der Waals surface area contributed by atoms with Crippen molar-refractivity contribution in [2.75, 3.05) is 13.2 Å². The highest BCUT2D eigenvalue weighted by atomic mass is 32.2. The minimum Gasteiger partial charge on any atom is -0.479 e. The number of ether oxygens (including phenoxy) is 2. The van der Waals surface area contributed by atoms with Gasteiger partial charge >= 0.3 is 5.97 Å². The number of carbonyl (C=O) groups is 3. The van der Waals surface area contributed by atoms with Crippen molar-refractivity contribution < 1.29 is 23.9 Å². The fraction of sp³-hybridized carbons (Fsp3) is 0.294. The zero-order valence-corrected chi connectivity index (χ0v) is 14.5. The molecule has 1 aromatic rings. The van der Waals surface area contributed by atoms with E-state index in [1.165, 1.54) is 6.92 Å². The van der Waals surface area contributed by atoms with Crippen molar-refractivity contribution in [3.8, 4) is 11.8 Å². The molecule has 1 aliphatic rings. The second kappa shape index (κ2) is 8.35. The monoisotopic (exact) mass is 360 g/mol. The summed E-state index contributed by atoms with van der Waals surface area (Å²) in [6.45, 7) is 3.24. The summed E-state index contributed by atoms with van der Waals surface area (Å²) in [7, 11) is 0. The Balaban J connectivity index is 2.14. The van der Waals surface area contributed by atoms with Crippen molar-refractivity contribution in [1.29, 1.82) is 5.26 Å². The SMILES string of the molecule is CCOC(=O)[C@H](C)N1C(=O)S/C(=C/c2ccc(OCC#N)cc2)C1=O. The largest absolute Gasteiger partial charge is 0.479 e. The fourth-order valence-corrected chi connectivity index (χ4v) is 3.02. The van der Waals surface area contributed by atoms with Gasteiger partial charge in [-0.3, -0.25) is 14.5 Å². The van der Waals surface area contributed by atoms with Crippen molar-refractivity contribution in [1.82, 2.24) is 4.90 Å². The Bertz CT molecular complexity index is 751. The van der Waals surface area contributed by atoms with E-state index >= 15 is 0 Å². The van der Waals surface area contributed by atoms with E-state index in [2.05, 4.69) is 0 Å². The smallest absolute Gasteiger partial charge is 0.329 e. The summed E-state index contributed by atoms with van der Waals surface area (Å²) in [6, 6.07) is 7.63. The van der Waals surface area contributed by atoms with Crippen molar-refractivity contribution in [2.45, 2.75) is 19.9 Å². The van der Waals surface area contributed by atoms with E-state index < -0.39 is 23.2 Å². The molecular weight excluding hydrogens is 344 g/mol. The molecule has 0 N–H and O–H groups in total. The average molecular weight is 360 g/mol. The van der Waals surface area contributed by atoms with Gasteiger partial charge in [0.05, 0.1) is 11.5 Å². The van der Waals surface area contributed by atoms with Crippen molar-refractivity contribution in [3.05, 3.63) is 34.7 Å². The lowest BCUT2D eigenvalue weighted by molar-refractivity contribution is -0.150. The van der Waals surface area contributed by atoms with Crippen LogP contribution in [0.4, 0.5) is 4.79 Å². The highest BCUT2D eigenvalue weighted by Gasteiger charge is 2.41. The average Bonchev–Trinajstić information content (AvgIpc) is 2.87. The topological polar surface area (TPSA) is 96.7 Å². The molecule has 0 radical (unpaired) electrons. The van der Waals surface area contributed by atoms with Crippen LogP contribution in [0.1, 0.15) is 19.4 Å². The number of rotatable bonds is 6. The number of esters is 1. The molecule has 0 bridgehead atoms. The number of carbonyl (C=O) groups excluding carboxylic acids is 3. The van der Waals surface area contributed by atoms with Crippen LogP contribution < -0.4 is 4.74 Å². The van der Waals surface area contributed by atoms with Crippen molar-refractivity contribution in [3.63, 3.8) is 0 Å². The summed E-state index contributed by atoms with van der Waals surface area (Å²) in [6.07, 6.45) is 1.57. The number of nitriles is 1. The van der Waals surface area contributed by atoms with E-state index in [1.807, 2.05) is 6.07 Å². The molecule has 1 heterocycles. The van der Waals surface area contributed by atoms with Gasteiger partial charge in [-0.2, -0.15) is 5.26 Å². The Hall–Kier alpha value is -2.79. The fourth-order valence-electron chi connectivity index (χ4n) is 2.11. The van der Waals surface area contributed by atoms with Crippen LogP contribution in [0, 0.1) is 11.3 Å². The molecule has 7 nitrogen and oxygen atoms in total. The quantitative estimate of drug-likeness (QED) is 0.568. The van der Waals surface area contributed by atoms with Gasteiger partial charge in [0.2, 0.25) is 0 Å². The molecule has 2 rings (SSSR count).